The lowest BCUT2D eigenvalue weighted by Crippen LogP contribution is -2.24. The van der Waals surface area contributed by atoms with E-state index in [-0.39, 0.29) is 0 Å². The highest BCUT2D eigenvalue weighted by atomic mass is 14.4. The van der Waals surface area contributed by atoms with Crippen molar-refractivity contribution in [2.24, 2.45) is 29.6 Å². The van der Waals surface area contributed by atoms with Gasteiger partial charge in [-0.1, -0.05) is 60.3 Å². The molecule has 1 aliphatic rings. The maximum absolute atomic E-state index is 2.44. The zero-order chi connectivity index (χ0) is 12.1. The van der Waals surface area contributed by atoms with E-state index in [2.05, 4.69) is 34.6 Å². The topological polar surface area (TPSA) is 0 Å². The molecule has 3 unspecified atom stereocenters. The predicted octanol–water partition coefficient (Wildman–Crippen LogP) is 5.52. The van der Waals surface area contributed by atoms with E-state index >= 15 is 0 Å². The van der Waals surface area contributed by atoms with Crippen molar-refractivity contribution >= 4 is 0 Å². The monoisotopic (exact) mass is 224 g/mol. The second-order valence-electron chi connectivity index (χ2n) is 6.56. The van der Waals surface area contributed by atoms with Gasteiger partial charge in [-0.3, -0.25) is 0 Å². The summed E-state index contributed by atoms with van der Waals surface area (Å²) in [6.45, 7) is 12.0. The van der Waals surface area contributed by atoms with Gasteiger partial charge in [0, 0.05) is 0 Å². The Morgan fingerprint density at radius 1 is 0.938 bits per heavy atom. The second-order valence-corrected chi connectivity index (χ2v) is 6.56. The van der Waals surface area contributed by atoms with Gasteiger partial charge in [0.2, 0.25) is 0 Å². The van der Waals surface area contributed by atoms with E-state index in [1.165, 1.54) is 38.5 Å². The Morgan fingerprint density at radius 2 is 1.62 bits per heavy atom. The molecule has 96 valence electrons. The van der Waals surface area contributed by atoms with Gasteiger partial charge >= 0.3 is 0 Å². The zero-order valence-corrected chi connectivity index (χ0v) is 12.1. The van der Waals surface area contributed by atoms with Gasteiger partial charge in [-0.05, 0) is 42.4 Å². The summed E-state index contributed by atoms with van der Waals surface area (Å²) in [5.74, 6) is 4.84. The van der Waals surface area contributed by atoms with Crippen molar-refractivity contribution < 1.29 is 0 Å². The SMILES string of the molecule is CCCCCC1CCC(C(C)C)C1C(C)C. The van der Waals surface area contributed by atoms with Crippen LogP contribution < -0.4 is 0 Å². The molecule has 0 radical (unpaired) electrons. The first-order valence-corrected chi connectivity index (χ1v) is 7.57. The van der Waals surface area contributed by atoms with Crippen LogP contribution in [0.4, 0.5) is 0 Å². The van der Waals surface area contributed by atoms with Gasteiger partial charge in [0.15, 0.2) is 0 Å². The molecule has 0 bridgehead atoms. The third-order valence-corrected chi connectivity index (χ3v) is 4.71. The Hall–Kier alpha value is 0. The molecule has 0 aromatic carbocycles. The largest absolute Gasteiger partial charge is 0.0654 e. The van der Waals surface area contributed by atoms with E-state index < -0.39 is 0 Å². The Labute approximate surface area is 103 Å². The summed E-state index contributed by atoms with van der Waals surface area (Å²) in [6, 6.07) is 0. The highest BCUT2D eigenvalue weighted by molar-refractivity contribution is 4.87. The standard InChI is InChI=1S/C16H32/c1-6-7-8-9-14-10-11-15(12(2)3)16(14)13(4)5/h12-16H,6-11H2,1-5H3. The summed E-state index contributed by atoms with van der Waals surface area (Å²) in [4.78, 5) is 0. The molecule has 0 heterocycles. The van der Waals surface area contributed by atoms with Crippen LogP contribution in [0, 0.1) is 29.6 Å². The quantitative estimate of drug-likeness (QED) is 0.521. The minimum Gasteiger partial charge on any atom is -0.0654 e. The van der Waals surface area contributed by atoms with Crippen LogP contribution in [0.2, 0.25) is 0 Å². The van der Waals surface area contributed by atoms with Crippen molar-refractivity contribution in [2.45, 2.75) is 73.1 Å². The van der Waals surface area contributed by atoms with Crippen LogP contribution in [0.15, 0.2) is 0 Å². The van der Waals surface area contributed by atoms with Crippen LogP contribution >= 0.6 is 0 Å². The van der Waals surface area contributed by atoms with Crippen molar-refractivity contribution in [1.82, 2.24) is 0 Å². The third-order valence-electron chi connectivity index (χ3n) is 4.71. The van der Waals surface area contributed by atoms with E-state index in [0.29, 0.717) is 0 Å². The summed E-state index contributed by atoms with van der Waals surface area (Å²) in [5.41, 5.74) is 0. The highest BCUT2D eigenvalue weighted by Crippen LogP contribution is 2.46. The van der Waals surface area contributed by atoms with Crippen LogP contribution in [0.3, 0.4) is 0 Å². The summed E-state index contributed by atoms with van der Waals surface area (Å²) < 4.78 is 0. The van der Waals surface area contributed by atoms with Gasteiger partial charge in [0.05, 0.1) is 0 Å². The summed E-state index contributed by atoms with van der Waals surface area (Å²) in [6.07, 6.45) is 8.78. The van der Waals surface area contributed by atoms with Crippen molar-refractivity contribution in [3.8, 4) is 0 Å². The summed E-state index contributed by atoms with van der Waals surface area (Å²) in [5, 5.41) is 0. The van der Waals surface area contributed by atoms with E-state index in [4.69, 9.17) is 0 Å². The fraction of sp³-hybridized carbons (Fsp3) is 1.00. The van der Waals surface area contributed by atoms with Crippen molar-refractivity contribution in [3.63, 3.8) is 0 Å². The molecule has 0 spiro atoms. The molecule has 0 aromatic heterocycles. The summed E-state index contributed by atoms with van der Waals surface area (Å²) >= 11 is 0. The number of rotatable bonds is 6. The molecular weight excluding hydrogens is 192 g/mol. The van der Waals surface area contributed by atoms with E-state index in [1.54, 1.807) is 0 Å². The molecule has 1 saturated carbocycles. The molecule has 0 N–H and O–H groups in total. The number of hydrogen-bond donors (Lipinski definition) is 0. The summed E-state index contributed by atoms with van der Waals surface area (Å²) in [7, 11) is 0. The zero-order valence-electron chi connectivity index (χ0n) is 12.1. The maximum atomic E-state index is 2.44. The van der Waals surface area contributed by atoms with Crippen LogP contribution in [-0.4, -0.2) is 0 Å². The minimum absolute atomic E-state index is 0.890. The minimum atomic E-state index is 0.890. The van der Waals surface area contributed by atoms with Gasteiger partial charge < -0.3 is 0 Å². The fourth-order valence-corrected chi connectivity index (χ4v) is 3.95. The van der Waals surface area contributed by atoms with Gasteiger partial charge in [-0.25, -0.2) is 0 Å². The first-order chi connectivity index (χ1) is 7.57. The van der Waals surface area contributed by atoms with Crippen molar-refractivity contribution in [2.75, 3.05) is 0 Å². The highest BCUT2D eigenvalue weighted by Gasteiger charge is 2.38. The lowest BCUT2D eigenvalue weighted by atomic mass is 9.75. The fourth-order valence-electron chi connectivity index (χ4n) is 3.95. The van der Waals surface area contributed by atoms with Crippen molar-refractivity contribution in [3.05, 3.63) is 0 Å². The van der Waals surface area contributed by atoms with E-state index in [9.17, 15) is 0 Å². The Morgan fingerprint density at radius 3 is 2.12 bits per heavy atom. The molecule has 1 rings (SSSR count). The maximum Gasteiger partial charge on any atom is -0.0332 e. The number of unbranched alkanes of at least 4 members (excludes halogenated alkanes) is 2. The average Bonchev–Trinajstić information content (AvgIpc) is 2.62. The van der Waals surface area contributed by atoms with Gasteiger partial charge in [0.25, 0.3) is 0 Å². The molecule has 0 amide bonds. The second kappa shape index (κ2) is 6.67. The predicted molar refractivity (Wildman–Crippen MR) is 73.5 cm³/mol. The number of hydrogen-bond acceptors (Lipinski definition) is 0. The van der Waals surface area contributed by atoms with E-state index in [0.717, 1.165) is 29.6 Å². The lowest BCUT2D eigenvalue weighted by Gasteiger charge is -2.31. The average molecular weight is 224 g/mol. The molecule has 0 aromatic rings. The molecule has 0 nitrogen and oxygen atoms in total. The smallest absolute Gasteiger partial charge is 0.0332 e. The molecule has 1 fully saturated rings. The molecule has 3 atom stereocenters. The molecule has 0 heteroatoms. The first-order valence-electron chi connectivity index (χ1n) is 7.57. The van der Waals surface area contributed by atoms with Gasteiger partial charge in [-0.2, -0.15) is 0 Å². The Balaban J connectivity index is 2.51. The van der Waals surface area contributed by atoms with Crippen LogP contribution in [0.1, 0.15) is 73.1 Å². The molecule has 0 saturated heterocycles. The van der Waals surface area contributed by atoms with Crippen molar-refractivity contribution in [1.29, 1.82) is 0 Å². The molecular formula is C16H32. The first kappa shape index (κ1) is 14.1. The van der Waals surface area contributed by atoms with Gasteiger partial charge in [-0.15, -0.1) is 0 Å². The molecule has 0 aliphatic heterocycles. The molecule has 1 aliphatic carbocycles. The van der Waals surface area contributed by atoms with Gasteiger partial charge in [0.1, 0.15) is 0 Å². The lowest BCUT2D eigenvalue weighted by molar-refractivity contribution is 0.181. The van der Waals surface area contributed by atoms with Crippen LogP contribution in [0.5, 0.6) is 0 Å². The Kier molecular flexibility index (Phi) is 5.86. The van der Waals surface area contributed by atoms with E-state index in [1.807, 2.05) is 0 Å². The Bertz CT molecular complexity index is 180. The normalized spacial score (nSPS) is 30.6. The van der Waals surface area contributed by atoms with Crippen LogP contribution in [-0.2, 0) is 0 Å². The molecule has 16 heavy (non-hydrogen) atoms. The third kappa shape index (κ3) is 3.50. The van der Waals surface area contributed by atoms with Crippen LogP contribution in [0.25, 0.3) is 0 Å².